The number of rotatable bonds is 5. The van der Waals surface area contributed by atoms with Crippen LogP contribution in [-0.4, -0.2) is 30.6 Å². The van der Waals surface area contributed by atoms with E-state index in [1.54, 1.807) is 23.9 Å². The van der Waals surface area contributed by atoms with Crippen LogP contribution in [0, 0.1) is 11.7 Å². The first-order chi connectivity index (χ1) is 10.5. The molecule has 1 aliphatic heterocycles. The Kier molecular flexibility index (Phi) is 5.43. The topological polar surface area (TPSA) is 67.4 Å². The lowest BCUT2D eigenvalue weighted by Crippen LogP contribution is -2.51. The van der Waals surface area contributed by atoms with Crippen LogP contribution in [-0.2, 0) is 9.53 Å². The van der Waals surface area contributed by atoms with Crippen LogP contribution in [0.5, 0.6) is 0 Å². The first-order valence-corrected chi connectivity index (χ1v) is 8.10. The Labute approximate surface area is 132 Å². The van der Waals surface area contributed by atoms with Crippen LogP contribution >= 0.6 is 11.8 Å². The van der Waals surface area contributed by atoms with Crippen LogP contribution in [0.1, 0.15) is 11.6 Å². The van der Waals surface area contributed by atoms with Crippen molar-refractivity contribution in [3.63, 3.8) is 0 Å². The quantitative estimate of drug-likeness (QED) is 0.644. The van der Waals surface area contributed by atoms with E-state index < -0.39 is 29.8 Å². The lowest BCUT2D eigenvalue weighted by Gasteiger charge is -2.33. The van der Waals surface area contributed by atoms with Gasteiger partial charge in [-0.05, 0) is 12.3 Å². The summed E-state index contributed by atoms with van der Waals surface area (Å²) in [5.41, 5.74) is 0.427. The summed E-state index contributed by atoms with van der Waals surface area (Å²) in [5.74, 6) is -1.25. The van der Waals surface area contributed by atoms with Crippen molar-refractivity contribution in [1.29, 1.82) is 0 Å². The van der Waals surface area contributed by atoms with Gasteiger partial charge in [-0.1, -0.05) is 24.8 Å². The van der Waals surface area contributed by atoms with Gasteiger partial charge in [-0.25, -0.2) is 9.18 Å². The van der Waals surface area contributed by atoms with E-state index in [1.165, 1.54) is 12.1 Å². The van der Waals surface area contributed by atoms with Crippen LogP contribution in [0.3, 0.4) is 0 Å². The molecule has 7 heteroatoms. The Morgan fingerprint density at radius 3 is 2.86 bits per heavy atom. The first kappa shape index (κ1) is 16.4. The van der Waals surface area contributed by atoms with Gasteiger partial charge in [0.25, 0.3) is 0 Å². The van der Waals surface area contributed by atoms with E-state index in [9.17, 15) is 14.0 Å². The highest BCUT2D eigenvalue weighted by atomic mass is 32.2. The van der Waals surface area contributed by atoms with Crippen LogP contribution in [0.25, 0.3) is 0 Å². The second-order valence-corrected chi connectivity index (χ2v) is 5.75. The molecule has 118 valence electrons. The zero-order chi connectivity index (χ0) is 16.1. The second kappa shape index (κ2) is 7.31. The Morgan fingerprint density at radius 1 is 1.45 bits per heavy atom. The standard InChI is InChI=1S/C15H17FN2O3S/c1-9-12(14(19)21-7-8-22-2)13(18-15(20)17-9)10-5-3-4-6-11(10)16/h3-6,12-13H,1,7-8H2,2H3,(H2,17,18,20)/t12-,13+/m1/s1. The number of carbonyl (C=O) groups is 2. The lowest BCUT2D eigenvalue weighted by molar-refractivity contribution is -0.147. The number of hydrogen-bond acceptors (Lipinski definition) is 4. The Morgan fingerprint density at radius 2 is 2.18 bits per heavy atom. The zero-order valence-electron chi connectivity index (χ0n) is 12.1. The molecular weight excluding hydrogens is 307 g/mol. The molecule has 2 N–H and O–H groups in total. The molecule has 1 aromatic rings. The summed E-state index contributed by atoms with van der Waals surface area (Å²) in [7, 11) is 0. The van der Waals surface area contributed by atoms with Gasteiger partial charge >= 0.3 is 12.0 Å². The predicted octanol–water partition coefficient (Wildman–Crippen LogP) is 2.22. The minimum Gasteiger partial charge on any atom is -0.464 e. The molecule has 5 nitrogen and oxygen atoms in total. The Balaban J connectivity index is 2.26. The molecule has 22 heavy (non-hydrogen) atoms. The number of ether oxygens (including phenoxy) is 1. The molecule has 0 saturated carbocycles. The summed E-state index contributed by atoms with van der Waals surface area (Å²) in [4.78, 5) is 23.9. The highest BCUT2D eigenvalue weighted by Gasteiger charge is 2.39. The minimum absolute atomic E-state index is 0.200. The monoisotopic (exact) mass is 324 g/mol. The van der Waals surface area contributed by atoms with Gasteiger partial charge in [0.15, 0.2) is 0 Å². The van der Waals surface area contributed by atoms with E-state index in [0.717, 1.165) is 0 Å². The fourth-order valence-electron chi connectivity index (χ4n) is 2.26. The third-order valence-corrected chi connectivity index (χ3v) is 3.87. The Hall–Kier alpha value is -2.02. The van der Waals surface area contributed by atoms with Gasteiger partial charge < -0.3 is 15.4 Å². The van der Waals surface area contributed by atoms with Gasteiger partial charge in [0.2, 0.25) is 0 Å². The van der Waals surface area contributed by atoms with Crippen molar-refractivity contribution in [1.82, 2.24) is 10.6 Å². The molecule has 1 fully saturated rings. The fourth-order valence-corrected chi connectivity index (χ4v) is 2.51. The van der Waals surface area contributed by atoms with E-state index in [1.807, 2.05) is 6.26 Å². The normalized spacial score (nSPS) is 21.0. The van der Waals surface area contributed by atoms with Crippen molar-refractivity contribution < 1.29 is 18.7 Å². The molecule has 2 rings (SSSR count). The van der Waals surface area contributed by atoms with Crippen LogP contribution < -0.4 is 10.6 Å². The smallest absolute Gasteiger partial charge is 0.319 e. The number of hydrogen-bond donors (Lipinski definition) is 2. The largest absolute Gasteiger partial charge is 0.464 e. The third-order valence-electron chi connectivity index (χ3n) is 3.30. The summed E-state index contributed by atoms with van der Waals surface area (Å²) in [5, 5.41) is 5.02. The first-order valence-electron chi connectivity index (χ1n) is 6.71. The minimum atomic E-state index is -0.878. The van der Waals surface area contributed by atoms with Crippen LogP contribution in [0.15, 0.2) is 36.5 Å². The second-order valence-electron chi connectivity index (χ2n) is 4.76. The van der Waals surface area contributed by atoms with E-state index in [-0.39, 0.29) is 17.9 Å². The van der Waals surface area contributed by atoms with Crippen molar-refractivity contribution >= 4 is 23.8 Å². The van der Waals surface area contributed by atoms with E-state index in [0.29, 0.717) is 5.75 Å². The van der Waals surface area contributed by atoms with Crippen molar-refractivity contribution in [2.75, 3.05) is 18.6 Å². The highest BCUT2D eigenvalue weighted by Crippen LogP contribution is 2.31. The van der Waals surface area contributed by atoms with Crippen molar-refractivity contribution in [3.8, 4) is 0 Å². The molecule has 1 aromatic carbocycles. The summed E-state index contributed by atoms with van der Waals surface area (Å²) in [6, 6.07) is 4.63. The van der Waals surface area contributed by atoms with Crippen LogP contribution in [0.4, 0.5) is 9.18 Å². The molecule has 1 saturated heterocycles. The average Bonchev–Trinajstić information content (AvgIpc) is 2.47. The number of esters is 1. The van der Waals surface area contributed by atoms with Gasteiger partial charge in [-0.3, -0.25) is 4.79 Å². The molecule has 2 amide bonds. The molecule has 1 aliphatic rings. The predicted molar refractivity (Wildman–Crippen MR) is 82.8 cm³/mol. The van der Waals surface area contributed by atoms with Crippen molar-refractivity contribution in [2.24, 2.45) is 5.92 Å². The summed E-state index contributed by atoms with van der Waals surface area (Å²) in [6.07, 6.45) is 1.90. The average molecular weight is 324 g/mol. The van der Waals surface area contributed by atoms with E-state index in [4.69, 9.17) is 4.74 Å². The summed E-state index contributed by atoms with van der Waals surface area (Å²) in [6.45, 7) is 3.95. The van der Waals surface area contributed by atoms with Gasteiger partial charge in [-0.2, -0.15) is 11.8 Å². The number of nitrogens with one attached hydrogen (secondary N) is 2. The molecule has 0 aliphatic carbocycles. The number of amides is 2. The van der Waals surface area contributed by atoms with Gasteiger partial charge in [0, 0.05) is 17.0 Å². The third kappa shape index (κ3) is 3.59. The molecule has 0 aromatic heterocycles. The molecular formula is C15H17FN2O3S. The number of carbonyl (C=O) groups excluding carboxylic acids is 2. The van der Waals surface area contributed by atoms with E-state index >= 15 is 0 Å². The summed E-state index contributed by atoms with van der Waals surface area (Å²) >= 11 is 1.55. The molecule has 2 atom stereocenters. The fraction of sp³-hybridized carbons (Fsp3) is 0.333. The molecule has 0 bridgehead atoms. The van der Waals surface area contributed by atoms with Crippen LogP contribution in [0.2, 0.25) is 0 Å². The Bertz CT molecular complexity index is 594. The maximum absolute atomic E-state index is 14.0. The number of benzene rings is 1. The maximum atomic E-state index is 14.0. The highest BCUT2D eigenvalue weighted by molar-refractivity contribution is 7.98. The van der Waals surface area contributed by atoms with Gasteiger partial charge in [0.1, 0.15) is 18.3 Å². The summed E-state index contributed by atoms with van der Waals surface area (Å²) < 4.78 is 19.2. The van der Waals surface area contributed by atoms with Gasteiger partial charge in [0.05, 0.1) is 6.04 Å². The van der Waals surface area contributed by atoms with E-state index in [2.05, 4.69) is 17.2 Å². The van der Waals surface area contributed by atoms with Crippen molar-refractivity contribution in [3.05, 3.63) is 47.9 Å². The molecule has 0 radical (unpaired) electrons. The SMILES string of the molecule is C=C1NC(=O)N[C@@H](c2ccccc2F)[C@@H]1C(=O)OCCSC. The molecule has 0 unspecified atom stereocenters. The molecule has 0 spiro atoms. The van der Waals surface area contributed by atoms with Crippen molar-refractivity contribution in [2.45, 2.75) is 6.04 Å². The number of halogens is 1. The maximum Gasteiger partial charge on any atom is 0.319 e. The molecule has 1 heterocycles. The number of urea groups is 1. The zero-order valence-corrected chi connectivity index (χ0v) is 12.9. The van der Waals surface area contributed by atoms with Gasteiger partial charge in [-0.15, -0.1) is 0 Å². The number of thioether (sulfide) groups is 1. The lowest BCUT2D eigenvalue weighted by atomic mass is 9.89.